The van der Waals surface area contributed by atoms with Crippen molar-refractivity contribution in [3.8, 4) is 0 Å². The monoisotopic (exact) mass is 462 g/mol. The molecule has 0 saturated carbocycles. The average molecular weight is 463 g/mol. The zero-order valence-corrected chi connectivity index (χ0v) is 18.6. The van der Waals surface area contributed by atoms with Crippen LogP contribution < -0.4 is 5.32 Å². The standard InChI is InChI=1S/C21H23ClN4O4S/c1-25-19-6-5-17(31(28,29)26-9-11-30-12-10-26)14-18(19)24-20(25)7-8-21(27)23-16-4-2-3-15(22)13-16/h2-6,13-14H,7-12H2,1H3,(H,23,27). The van der Waals surface area contributed by atoms with Crippen molar-refractivity contribution < 1.29 is 17.9 Å². The molecule has 4 rings (SSSR count). The summed E-state index contributed by atoms with van der Waals surface area (Å²) in [7, 11) is -1.73. The van der Waals surface area contributed by atoms with Crippen LogP contribution in [0, 0.1) is 0 Å². The van der Waals surface area contributed by atoms with Crippen molar-refractivity contribution in [1.82, 2.24) is 13.9 Å². The number of carbonyl (C=O) groups excluding carboxylic acids is 1. The topological polar surface area (TPSA) is 93.5 Å². The number of fused-ring (bicyclic) bond motifs is 1. The first-order valence-electron chi connectivity index (χ1n) is 9.93. The van der Waals surface area contributed by atoms with E-state index in [4.69, 9.17) is 16.3 Å². The summed E-state index contributed by atoms with van der Waals surface area (Å²) >= 11 is 5.94. The summed E-state index contributed by atoms with van der Waals surface area (Å²) < 4.78 is 34.4. The average Bonchev–Trinajstić information content (AvgIpc) is 3.08. The maximum atomic E-state index is 12.9. The molecule has 164 valence electrons. The molecule has 31 heavy (non-hydrogen) atoms. The van der Waals surface area contributed by atoms with E-state index >= 15 is 0 Å². The normalized spacial score (nSPS) is 15.3. The van der Waals surface area contributed by atoms with Crippen LogP contribution >= 0.6 is 11.6 Å². The summed E-state index contributed by atoms with van der Waals surface area (Å²) in [4.78, 5) is 17.1. The van der Waals surface area contributed by atoms with Gasteiger partial charge in [-0.1, -0.05) is 17.7 Å². The number of morpholine rings is 1. The third-order valence-corrected chi connectivity index (χ3v) is 7.37. The van der Waals surface area contributed by atoms with Gasteiger partial charge < -0.3 is 14.6 Å². The van der Waals surface area contributed by atoms with Crippen LogP contribution in [0.4, 0.5) is 5.69 Å². The van der Waals surface area contributed by atoms with E-state index in [0.717, 1.165) is 5.52 Å². The van der Waals surface area contributed by atoms with E-state index in [2.05, 4.69) is 10.3 Å². The molecule has 3 aromatic rings. The number of aryl methyl sites for hydroxylation is 2. The summed E-state index contributed by atoms with van der Waals surface area (Å²) in [5.41, 5.74) is 2.04. The highest BCUT2D eigenvalue weighted by atomic mass is 35.5. The van der Waals surface area contributed by atoms with Gasteiger partial charge in [0.2, 0.25) is 15.9 Å². The maximum absolute atomic E-state index is 12.9. The van der Waals surface area contributed by atoms with Crippen molar-refractivity contribution in [3.05, 3.63) is 53.3 Å². The molecule has 10 heteroatoms. The van der Waals surface area contributed by atoms with Gasteiger partial charge in [-0.25, -0.2) is 13.4 Å². The zero-order valence-electron chi connectivity index (χ0n) is 17.0. The number of benzene rings is 2. The second kappa shape index (κ2) is 8.96. The first kappa shape index (κ1) is 21.8. The van der Waals surface area contributed by atoms with Crippen molar-refractivity contribution in [2.75, 3.05) is 31.6 Å². The second-order valence-electron chi connectivity index (χ2n) is 7.31. The molecule has 0 aliphatic carbocycles. The van der Waals surface area contributed by atoms with Crippen molar-refractivity contribution in [1.29, 1.82) is 0 Å². The summed E-state index contributed by atoms with van der Waals surface area (Å²) in [5.74, 6) is 0.557. The lowest BCUT2D eigenvalue weighted by atomic mass is 10.2. The third-order valence-electron chi connectivity index (χ3n) is 5.24. The molecule has 0 unspecified atom stereocenters. The lowest BCUT2D eigenvalue weighted by molar-refractivity contribution is -0.116. The molecule has 1 saturated heterocycles. The van der Waals surface area contributed by atoms with Crippen molar-refractivity contribution >= 4 is 44.3 Å². The Hall–Kier alpha value is -2.46. The van der Waals surface area contributed by atoms with Crippen LogP contribution in [0.5, 0.6) is 0 Å². The minimum atomic E-state index is -3.59. The minimum absolute atomic E-state index is 0.148. The van der Waals surface area contributed by atoms with Crippen molar-refractivity contribution in [2.45, 2.75) is 17.7 Å². The molecule has 0 atom stereocenters. The lowest BCUT2D eigenvalue weighted by Crippen LogP contribution is -2.40. The van der Waals surface area contributed by atoms with Gasteiger partial charge in [0.15, 0.2) is 0 Å². The molecule has 0 bridgehead atoms. The number of hydrogen-bond acceptors (Lipinski definition) is 5. The Labute approximate surface area is 185 Å². The zero-order chi connectivity index (χ0) is 22.0. The van der Waals surface area contributed by atoms with E-state index < -0.39 is 10.0 Å². The number of nitrogens with zero attached hydrogens (tertiary/aromatic N) is 3. The Morgan fingerprint density at radius 2 is 1.97 bits per heavy atom. The number of hydrogen-bond donors (Lipinski definition) is 1. The van der Waals surface area contributed by atoms with E-state index in [1.165, 1.54) is 4.31 Å². The summed E-state index contributed by atoms with van der Waals surface area (Å²) in [5, 5.41) is 3.37. The van der Waals surface area contributed by atoms with Gasteiger partial charge >= 0.3 is 0 Å². The number of carbonyl (C=O) groups is 1. The maximum Gasteiger partial charge on any atom is 0.243 e. The van der Waals surface area contributed by atoms with Crippen LogP contribution in [0.1, 0.15) is 12.2 Å². The third kappa shape index (κ3) is 4.74. The molecule has 1 aromatic heterocycles. The van der Waals surface area contributed by atoms with E-state index in [0.29, 0.717) is 54.8 Å². The largest absolute Gasteiger partial charge is 0.379 e. The Morgan fingerprint density at radius 3 is 2.71 bits per heavy atom. The summed E-state index contributed by atoms with van der Waals surface area (Å²) in [6, 6.07) is 11.9. The molecule has 1 N–H and O–H groups in total. The molecule has 1 aliphatic heterocycles. The number of aromatic nitrogens is 2. The highest BCUT2D eigenvalue weighted by Crippen LogP contribution is 2.23. The number of imidazole rings is 1. The molecule has 1 amide bonds. The van der Waals surface area contributed by atoms with Gasteiger partial charge in [0.25, 0.3) is 0 Å². The van der Waals surface area contributed by atoms with Gasteiger partial charge in [0, 0.05) is 43.7 Å². The van der Waals surface area contributed by atoms with E-state index in [-0.39, 0.29) is 17.2 Å². The first-order chi connectivity index (χ1) is 14.8. The van der Waals surface area contributed by atoms with Crippen LogP contribution in [0.3, 0.4) is 0 Å². The van der Waals surface area contributed by atoms with Crippen LogP contribution in [0.15, 0.2) is 47.4 Å². The smallest absolute Gasteiger partial charge is 0.243 e. The number of halogens is 1. The Bertz CT molecular complexity index is 1220. The second-order valence-corrected chi connectivity index (χ2v) is 9.69. The van der Waals surface area contributed by atoms with Crippen LogP contribution in [0.25, 0.3) is 11.0 Å². The number of ether oxygens (including phenoxy) is 1. The van der Waals surface area contributed by atoms with E-state index in [1.54, 1.807) is 42.5 Å². The highest BCUT2D eigenvalue weighted by Gasteiger charge is 2.27. The fourth-order valence-electron chi connectivity index (χ4n) is 3.56. The molecule has 1 aliphatic rings. The van der Waals surface area contributed by atoms with Crippen LogP contribution in [-0.4, -0.2) is 54.5 Å². The van der Waals surface area contributed by atoms with Gasteiger partial charge in [-0.15, -0.1) is 0 Å². The van der Waals surface area contributed by atoms with Gasteiger partial charge in [0.05, 0.1) is 29.1 Å². The van der Waals surface area contributed by atoms with Crippen LogP contribution in [-0.2, 0) is 33.0 Å². The van der Waals surface area contributed by atoms with Crippen LogP contribution in [0.2, 0.25) is 5.02 Å². The quantitative estimate of drug-likeness (QED) is 0.608. The molecule has 2 heterocycles. The lowest BCUT2D eigenvalue weighted by Gasteiger charge is -2.26. The molecule has 8 nitrogen and oxygen atoms in total. The SMILES string of the molecule is Cn1c(CCC(=O)Nc2cccc(Cl)c2)nc2cc(S(=O)(=O)N3CCOCC3)ccc21. The van der Waals surface area contributed by atoms with Gasteiger partial charge in [-0.3, -0.25) is 4.79 Å². The minimum Gasteiger partial charge on any atom is -0.379 e. The van der Waals surface area contributed by atoms with E-state index in [9.17, 15) is 13.2 Å². The number of anilines is 1. The van der Waals surface area contributed by atoms with Gasteiger partial charge in [-0.2, -0.15) is 4.31 Å². The Morgan fingerprint density at radius 1 is 1.19 bits per heavy atom. The first-order valence-corrected chi connectivity index (χ1v) is 11.7. The molecule has 2 aromatic carbocycles. The Kier molecular flexibility index (Phi) is 6.29. The summed E-state index contributed by atoms with van der Waals surface area (Å²) in [6.07, 6.45) is 0.658. The molecular weight excluding hydrogens is 440 g/mol. The predicted octanol–water partition coefficient (Wildman–Crippen LogP) is 2.82. The Balaban J connectivity index is 1.49. The molecule has 0 radical (unpaired) electrons. The molecular formula is C21H23ClN4O4S. The fourth-order valence-corrected chi connectivity index (χ4v) is 5.18. The van der Waals surface area contributed by atoms with Gasteiger partial charge in [-0.05, 0) is 36.4 Å². The number of sulfonamides is 1. The van der Waals surface area contributed by atoms with Crippen molar-refractivity contribution in [2.24, 2.45) is 7.05 Å². The number of nitrogens with one attached hydrogen (secondary N) is 1. The summed E-state index contributed by atoms with van der Waals surface area (Å²) in [6.45, 7) is 1.48. The number of rotatable bonds is 6. The van der Waals surface area contributed by atoms with E-state index in [1.807, 2.05) is 11.6 Å². The van der Waals surface area contributed by atoms with Crippen molar-refractivity contribution in [3.63, 3.8) is 0 Å². The number of amides is 1. The molecule has 0 spiro atoms. The van der Waals surface area contributed by atoms with Gasteiger partial charge in [0.1, 0.15) is 5.82 Å². The molecule has 1 fully saturated rings. The fraction of sp³-hybridized carbons (Fsp3) is 0.333. The predicted molar refractivity (Wildman–Crippen MR) is 119 cm³/mol. The highest BCUT2D eigenvalue weighted by molar-refractivity contribution is 7.89.